The molecule has 1 heterocycles. The summed E-state index contributed by atoms with van der Waals surface area (Å²) >= 11 is 0. The fraction of sp³-hybridized carbons (Fsp3) is 0.125. The van der Waals surface area contributed by atoms with Crippen molar-refractivity contribution in [2.24, 2.45) is 10.7 Å². The van der Waals surface area contributed by atoms with E-state index in [0.717, 1.165) is 22.3 Å². The van der Waals surface area contributed by atoms with Gasteiger partial charge in [-0.15, -0.1) is 0 Å². The number of methoxy groups -OCH3 is 1. The summed E-state index contributed by atoms with van der Waals surface area (Å²) in [6.07, 6.45) is 0. The van der Waals surface area contributed by atoms with Crippen LogP contribution in [0.2, 0.25) is 0 Å². The first-order chi connectivity index (χ1) is 14.5. The number of benzodiazepines with no additional fused rings is 1. The molecule has 0 aliphatic carbocycles. The number of fused-ring (bicyclic) bond motifs is 1. The van der Waals surface area contributed by atoms with Gasteiger partial charge in [-0.25, -0.2) is 0 Å². The molecule has 3 aromatic carbocycles. The normalized spacial score (nSPS) is 13.3. The number of nitrogens with two attached hydrogens (primary N) is 1. The number of nitrogens with zero attached hydrogens (tertiary/aromatic N) is 2. The summed E-state index contributed by atoms with van der Waals surface area (Å²) in [6, 6.07) is 20.7. The summed E-state index contributed by atoms with van der Waals surface area (Å²) in [5.74, 6) is 0.0118. The molecule has 0 unspecified atom stereocenters. The number of hydrogen-bond acceptors (Lipinski definition) is 4. The average molecular weight is 399 g/mol. The Balaban J connectivity index is 1.97. The topological polar surface area (TPSA) is 85.0 Å². The van der Waals surface area contributed by atoms with Crippen molar-refractivity contribution in [3.63, 3.8) is 0 Å². The predicted molar refractivity (Wildman–Crippen MR) is 117 cm³/mol. The monoisotopic (exact) mass is 399 g/mol. The maximum atomic E-state index is 12.6. The molecule has 0 bridgehead atoms. The SMILES string of the molecule is COc1cc2c(cc1-c1ccccc1)C(c1cccc(C(N)=O)c1)=NCC(=O)N2C. The summed E-state index contributed by atoms with van der Waals surface area (Å²) in [5, 5.41) is 0. The lowest BCUT2D eigenvalue weighted by Gasteiger charge is -2.21. The van der Waals surface area contributed by atoms with Crippen LogP contribution in [0, 0.1) is 0 Å². The molecular weight excluding hydrogens is 378 g/mol. The number of ether oxygens (including phenoxy) is 1. The Morgan fingerprint density at radius 1 is 1.00 bits per heavy atom. The number of aliphatic imine (C=N–C) groups is 1. The highest BCUT2D eigenvalue weighted by atomic mass is 16.5. The van der Waals surface area contributed by atoms with E-state index in [0.29, 0.717) is 22.7 Å². The molecule has 0 saturated carbocycles. The molecule has 0 spiro atoms. The number of carbonyl (C=O) groups is 2. The predicted octanol–water partition coefficient (Wildman–Crippen LogP) is 3.27. The second kappa shape index (κ2) is 7.83. The lowest BCUT2D eigenvalue weighted by Crippen LogP contribution is -2.27. The van der Waals surface area contributed by atoms with Gasteiger partial charge in [-0.05, 0) is 23.8 Å². The number of amides is 2. The van der Waals surface area contributed by atoms with Gasteiger partial charge in [0.25, 0.3) is 0 Å². The number of anilines is 1. The Labute approximate surface area is 174 Å². The Morgan fingerprint density at radius 3 is 2.43 bits per heavy atom. The van der Waals surface area contributed by atoms with Gasteiger partial charge in [0.15, 0.2) is 0 Å². The molecule has 30 heavy (non-hydrogen) atoms. The molecule has 0 saturated heterocycles. The van der Waals surface area contributed by atoms with Crippen LogP contribution in [0.5, 0.6) is 5.75 Å². The van der Waals surface area contributed by atoms with Crippen molar-refractivity contribution in [2.75, 3.05) is 25.6 Å². The molecule has 6 nitrogen and oxygen atoms in total. The molecule has 2 amide bonds. The number of benzene rings is 3. The largest absolute Gasteiger partial charge is 0.496 e. The lowest BCUT2D eigenvalue weighted by atomic mass is 9.94. The maximum absolute atomic E-state index is 12.6. The van der Waals surface area contributed by atoms with Gasteiger partial charge < -0.3 is 15.4 Å². The first-order valence-electron chi connectivity index (χ1n) is 9.48. The standard InChI is InChI=1S/C24H21N3O3/c1-27-20-13-21(30-2)18(15-7-4-3-5-8-15)12-19(20)23(26-14-22(27)28)16-9-6-10-17(11-16)24(25)29/h3-13H,14H2,1-2H3,(H2,25,29). The Hall–Kier alpha value is -3.93. The van der Waals surface area contributed by atoms with Crippen LogP contribution in [0.3, 0.4) is 0 Å². The van der Waals surface area contributed by atoms with Gasteiger partial charge in [0.1, 0.15) is 12.3 Å². The van der Waals surface area contributed by atoms with Crippen molar-refractivity contribution >= 4 is 23.2 Å². The molecule has 1 aliphatic heterocycles. The number of hydrogen-bond donors (Lipinski definition) is 1. The maximum Gasteiger partial charge on any atom is 0.248 e. The third kappa shape index (κ3) is 3.43. The van der Waals surface area contributed by atoms with E-state index in [1.807, 2.05) is 48.5 Å². The van der Waals surface area contributed by atoms with Crippen LogP contribution < -0.4 is 15.4 Å². The minimum absolute atomic E-state index is 0.00426. The number of carbonyl (C=O) groups excluding carboxylic acids is 2. The van der Waals surface area contributed by atoms with Crippen molar-refractivity contribution in [1.29, 1.82) is 0 Å². The molecular formula is C24H21N3O3. The van der Waals surface area contributed by atoms with Gasteiger partial charge in [0.05, 0.1) is 18.5 Å². The minimum atomic E-state index is -0.515. The van der Waals surface area contributed by atoms with Crippen LogP contribution in [0.1, 0.15) is 21.5 Å². The van der Waals surface area contributed by atoms with E-state index in [1.165, 1.54) is 0 Å². The second-order valence-corrected chi connectivity index (χ2v) is 7.00. The molecule has 3 aromatic rings. The molecule has 0 aromatic heterocycles. The molecule has 150 valence electrons. The van der Waals surface area contributed by atoms with Gasteiger partial charge in [0.2, 0.25) is 11.8 Å². The summed E-state index contributed by atoms with van der Waals surface area (Å²) in [5.41, 5.74) is 10.5. The van der Waals surface area contributed by atoms with E-state index in [9.17, 15) is 9.59 Å². The highest BCUT2D eigenvalue weighted by molar-refractivity contribution is 6.20. The van der Waals surface area contributed by atoms with Crippen LogP contribution in [0.15, 0.2) is 71.7 Å². The Kier molecular flexibility index (Phi) is 5.06. The third-order valence-corrected chi connectivity index (χ3v) is 5.19. The van der Waals surface area contributed by atoms with E-state index < -0.39 is 5.91 Å². The fourth-order valence-electron chi connectivity index (χ4n) is 3.59. The van der Waals surface area contributed by atoms with Gasteiger partial charge in [-0.2, -0.15) is 0 Å². The summed E-state index contributed by atoms with van der Waals surface area (Å²) in [4.78, 5) is 30.4. The van der Waals surface area contributed by atoms with E-state index in [-0.39, 0.29) is 12.5 Å². The van der Waals surface area contributed by atoms with Crippen molar-refractivity contribution in [1.82, 2.24) is 0 Å². The summed E-state index contributed by atoms with van der Waals surface area (Å²) < 4.78 is 5.64. The fourth-order valence-corrected chi connectivity index (χ4v) is 3.59. The van der Waals surface area contributed by atoms with Crippen LogP contribution in [-0.4, -0.2) is 38.2 Å². The van der Waals surface area contributed by atoms with Crippen LogP contribution in [-0.2, 0) is 4.79 Å². The van der Waals surface area contributed by atoms with E-state index in [2.05, 4.69) is 4.99 Å². The highest BCUT2D eigenvalue weighted by Gasteiger charge is 2.25. The van der Waals surface area contributed by atoms with Crippen LogP contribution >= 0.6 is 0 Å². The summed E-state index contributed by atoms with van der Waals surface area (Å²) in [6.45, 7) is 0.00426. The molecule has 0 atom stereocenters. The van der Waals surface area contributed by atoms with Crippen LogP contribution in [0.25, 0.3) is 11.1 Å². The lowest BCUT2D eigenvalue weighted by molar-refractivity contribution is -0.116. The third-order valence-electron chi connectivity index (χ3n) is 5.19. The zero-order valence-electron chi connectivity index (χ0n) is 16.8. The minimum Gasteiger partial charge on any atom is -0.496 e. The zero-order valence-corrected chi connectivity index (χ0v) is 16.8. The van der Waals surface area contributed by atoms with E-state index in [4.69, 9.17) is 10.5 Å². The van der Waals surface area contributed by atoms with Crippen molar-refractivity contribution in [3.8, 4) is 16.9 Å². The first kappa shape index (κ1) is 19.4. The van der Waals surface area contributed by atoms with Crippen molar-refractivity contribution in [3.05, 3.63) is 83.4 Å². The number of likely N-dealkylation sites (N-methyl/N-ethyl adjacent to an activating group) is 1. The summed E-state index contributed by atoms with van der Waals surface area (Å²) in [7, 11) is 3.33. The molecule has 0 fully saturated rings. The number of rotatable bonds is 4. The molecule has 1 aliphatic rings. The van der Waals surface area contributed by atoms with Crippen molar-refractivity contribution in [2.45, 2.75) is 0 Å². The van der Waals surface area contributed by atoms with Crippen molar-refractivity contribution < 1.29 is 14.3 Å². The van der Waals surface area contributed by atoms with Crippen LogP contribution in [0.4, 0.5) is 5.69 Å². The quantitative estimate of drug-likeness (QED) is 0.731. The average Bonchev–Trinajstić information content (AvgIpc) is 2.90. The van der Waals surface area contributed by atoms with E-state index in [1.54, 1.807) is 37.3 Å². The molecule has 0 radical (unpaired) electrons. The number of primary amides is 1. The molecule has 4 rings (SSSR count). The molecule has 6 heteroatoms. The highest BCUT2D eigenvalue weighted by Crippen LogP contribution is 2.38. The van der Waals surface area contributed by atoms with Gasteiger partial charge in [-0.3, -0.25) is 14.6 Å². The molecule has 2 N–H and O–H groups in total. The van der Waals surface area contributed by atoms with Gasteiger partial charge in [-0.1, -0.05) is 42.5 Å². The smallest absolute Gasteiger partial charge is 0.248 e. The van der Waals surface area contributed by atoms with E-state index >= 15 is 0 Å². The Bertz CT molecular complexity index is 1170. The first-order valence-corrected chi connectivity index (χ1v) is 9.48. The Morgan fingerprint density at radius 2 is 1.73 bits per heavy atom. The zero-order chi connectivity index (χ0) is 21.3. The van der Waals surface area contributed by atoms with Gasteiger partial charge in [0, 0.05) is 35.4 Å². The second-order valence-electron chi connectivity index (χ2n) is 7.00. The van der Waals surface area contributed by atoms with Gasteiger partial charge >= 0.3 is 0 Å².